The number of nitrogen functional groups attached to an aromatic ring is 1. The second kappa shape index (κ2) is 4.79. The van der Waals surface area contributed by atoms with Gasteiger partial charge in [0.2, 0.25) is 0 Å². The molecule has 1 aromatic heterocycles. The van der Waals surface area contributed by atoms with Gasteiger partial charge in [-0.2, -0.15) is 0 Å². The van der Waals surface area contributed by atoms with Crippen LogP contribution in [0.5, 0.6) is 0 Å². The molecule has 17 heavy (non-hydrogen) atoms. The Kier molecular flexibility index (Phi) is 3.20. The quantitative estimate of drug-likeness (QED) is 0.424. The van der Waals surface area contributed by atoms with Gasteiger partial charge < -0.3 is 4.74 Å². The summed E-state index contributed by atoms with van der Waals surface area (Å²) in [5, 5.41) is 0. The van der Waals surface area contributed by atoms with E-state index in [1.54, 1.807) is 18.2 Å². The van der Waals surface area contributed by atoms with Gasteiger partial charge in [0.15, 0.2) is 0 Å². The Morgan fingerprint density at radius 2 is 2.41 bits per heavy atom. The Bertz CT molecular complexity index is 449. The summed E-state index contributed by atoms with van der Waals surface area (Å²) in [6.07, 6.45) is -0.361. The molecule has 0 aromatic carbocycles. The Balaban J connectivity index is 2.11. The predicted octanol–water partition coefficient (Wildman–Crippen LogP) is -0.363. The number of rotatable bonds is 3. The molecular formula is C10H12N4O3. The molecule has 0 radical (unpaired) electrons. The molecule has 1 saturated heterocycles. The van der Waals surface area contributed by atoms with E-state index >= 15 is 0 Å². The highest BCUT2D eigenvalue weighted by atomic mass is 16.6. The van der Waals surface area contributed by atoms with Gasteiger partial charge in [0.1, 0.15) is 12.3 Å². The molecule has 1 fully saturated rings. The molecule has 7 nitrogen and oxygen atoms in total. The van der Waals surface area contributed by atoms with Gasteiger partial charge in [-0.05, 0) is 12.1 Å². The fraction of sp³-hybridized carbons (Fsp3) is 0.300. The van der Waals surface area contributed by atoms with Crippen molar-refractivity contribution in [2.24, 2.45) is 5.84 Å². The lowest BCUT2D eigenvalue weighted by molar-refractivity contribution is 0.0948. The summed E-state index contributed by atoms with van der Waals surface area (Å²) in [6, 6.07) is 4.97. The number of pyridine rings is 1. The van der Waals surface area contributed by atoms with Crippen molar-refractivity contribution in [3.63, 3.8) is 0 Å². The number of nitrogens with zero attached hydrogens (tertiary/aromatic N) is 2. The molecule has 90 valence electrons. The molecular weight excluding hydrogens is 224 g/mol. The van der Waals surface area contributed by atoms with Crippen LogP contribution in [-0.2, 0) is 11.3 Å². The highest BCUT2D eigenvalue weighted by molar-refractivity contribution is 5.91. The van der Waals surface area contributed by atoms with Crippen LogP contribution in [0.15, 0.2) is 18.2 Å². The van der Waals surface area contributed by atoms with Crippen molar-refractivity contribution in [3.8, 4) is 0 Å². The highest BCUT2D eigenvalue weighted by Crippen LogP contribution is 2.09. The SMILES string of the molecule is NNC(=O)c1cccc(CN2CCOC2=O)n1. The smallest absolute Gasteiger partial charge is 0.410 e. The number of carbonyl (C=O) groups is 2. The van der Waals surface area contributed by atoms with Crippen molar-refractivity contribution in [2.45, 2.75) is 6.54 Å². The van der Waals surface area contributed by atoms with E-state index in [2.05, 4.69) is 4.98 Å². The van der Waals surface area contributed by atoms with Crippen LogP contribution in [0.2, 0.25) is 0 Å². The van der Waals surface area contributed by atoms with Crippen LogP contribution < -0.4 is 11.3 Å². The van der Waals surface area contributed by atoms with Crippen molar-refractivity contribution >= 4 is 12.0 Å². The molecule has 1 aliphatic heterocycles. The lowest BCUT2D eigenvalue weighted by atomic mass is 10.3. The first-order valence-electron chi connectivity index (χ1n) is 5.09. The topological polar surface area (TPSA) is 97.5 Å². The first kappa shape index (κ1) is 11.3. The maximum Gasteiger partial charge on any atom is 0.410 e. The molecule has 0 atom stereocenters. The number of carbonyl (C=O) groups excluding carboxylic acids is 2. The molecule has 0 spiro atoms. The van der Waals surface area contributed by atoms with Gasteiger partial charge in [0, 0.05) is 0 Å². The van der Waals surface area contributed by atoms with Crippen LogP contribution in [0.25, 0.3) is 0 Å². The maximum absolute atomic E-state index is 11.3. The number of aromatic nitrogens is 1. The normalized spacial score (nSPS) is 14.6. The van der Waals surface area contributed by atoms with E-state index in [0.717, 1.165) is 0 Å². The molecule has 1 aromatic rings. The zero-order valence-electron chi connectivity index (χ0n) is 9.05. The summed E-state index contributed by atoms with van der Waals surface area (Å²) in [4.78, 5) is 28.1. The predicted molar refractivity (Wildman–Crippen MR) is 57.6 cm³/mol. The highest BCUT2D eigenvalue weighted by Gasteiger charge is 2.22. The number of nitrogens with two attached hydrogens (primary N) is 1. The second-order valence-electron chi connectivity index (χ2n) is 3.52. The molecule has 1 aliphatic rings. The van der Waals surface area contributed by atoms with Crippen LogP contribution in [0.4, 0.5) is 4.79 Å². The van der Waals surface area contributed by atoms with E-state index in [1.165, 1.54) is 4.90 Å². The fourth-order valence-electron chi connectivity index (χ4n) is 1.53. The molecule has 0 aliphatic carbocycles. The van der Waals surface area contributed by atoms with E-state index in [0.29, 0.717) is 25.4 Å². The van der Waals surface area contributed by atoms with Gasteiger partial charge in [0.25, 0.3) is 5.91 Å². The molecule has 2 heterocycles. The number of hydrogen-bond acceptors (Lipinski definition) is 5. The standard InChI is InChI=1S/C10H12N4O3/c11-13-9(15)8-3-1-2-7(12-8)6-14-4-5-17-10(14)16/h1-3H,4-6,11H2,(H,13,15). The lowest BCUT2D eigenvalue weighted by Crippen LogP contribution is -2.31. The summed E-state index contributed by atoms with van der Waals surface area (Å²) >= 11 is 0. The minimum absolute atomic E-state index is 0.220. The van der Waals surface area contributed by atoms with Gasteiger partial charge in [-0.1, -0.05) is 6.07 Å². The van der Waals surface area contributed by atoms with Crippen molar-refractivity contribution in [1.29, 1.82) is 0 Å². The molecule has 0 saturated carbocycles. The van der Waals surface area contributed by atoms with Gasteiger partial charge in [-0.3, -0.25) is 15.1 Å². The third-order valence-electron chi connectivity index (χ3n) is 2.37. The summed E-state index contributed by atoms with van der Waals surface area (Å²) in [7, 11) is 0. The Morgan fingerprint density at radius 1 is 1.59 bits per heavy atom. The van der Waals surface area contributed by atoms with Gasteiger partial charge in [-0.25, -0.2) is 15.6 Å². The number of cyclic esters (lactones) is 1. The summed E-state index contributed by atoms with van der Waals surface area (Å²) in [5.74, 6) is 4.55. The first-order valence-corrected chi connectivity index (χ1v) is 5.09. The minimum Gasteiger partial charge on any atom is -0.448 e. The molecule has 3 N–H and O–H groups in total. The average Bonchev–Trinajstić information content (AvgIpc) is 2.74. The monoisotopic (exact) mass is 236 g/mol. The third-order valence-corrected chi connectivity index (χ3v) is 2.37. The number of hydrazine groups is 1. The van der Waals surface area contributed by atoms with Crippen molar-refractivity contribution in [1.82, 2.24) is 15.3 Å². The maximum atomic E-state index is 11.3. The first-order chi connectivity index (χ1) is 8.20. The van der Waals surface area contributed by atoms with Crippen molar-refractivity contribution in [2.75, 3.05) is 13.2 Å². The largest absolute Gasteiger partial charge is 0.448 e. The van der Waals surface area contributed by atoms with E-state index in [-0.39, 0.29) is 11.8 Å². The Morgan fingerprint density at radius 3 is 3.06 bits per heavy atom. The second-order valence-corrected chi connectivity index (χ2v) is 3.52. The van der Waals surface area contributed by atoms with Gasteiger partial charge in [-0.15, -0.1) is 0 Å². The van der Waals surface area contributed by atoms with Crippen molar-refractivity contribution in [3.05, 3.63) is 29.6 Å². The molecule has 0 unspecified atom stereocenters. The number of amides is 2. The van der Waals surface area contributed by atoms with Gasteiger partial charge >= 0.3 is 6.09 Å². The zero-order chi connectivity index (χ0) is 12.3. The molecule has 2 amide bonds. The lowest BCUT2D eigenvalue weighted by Gasteiger charge is -2.12. The van der Waals surface area contributed by atoms with Crippen molar-refractivity contribution < 1.29 is 14.3 Å². The Labute approximate surface area is 97.5 Å². The fourth-order valence-corrected chi connectivity index (χ4v) is 1.53. The molecule has 2 rings (SSSR count). The van der Waals surface area contributed by atoms with Crippen LogP contribution in [0.1, 0.15) is 16.2 Å². The number of hydrogen-bond donors (Lipinski definition) is 2. The van der Waals surface area contributed by atoms with Crippen LogP contribution in [0, 0.1) is 0 Å². The van der Waals surface area contributed by atoms with E-state index in [1.807, 2.05) is 5.43 Å². The van der Waals surface area contributed by atoms with Gasteiger partial charge in [0.05, 0.1) is 18.8 Å². The molecule has 7 heteroatoms. The van der Waals surface area contributed by atoms with E-state index in [4.69, 9.17) is 10.6 Å². The number of nitrogens with one attached hydrogen (secondary N) is 1. The molecule has 0 bridgehead atoms. The number of ether oxygens (including phenoxy) is 1. The zero-order valence-corrected chi connectivity index (χ0v) is 9.05. The summed E-state index contributed by atoms with van der Waals surface area (Å²) < 4.78 is 4.80. The van der Waals surface area contributed by atoms with E-state index in [9.17, 15) is 9.59 Å². The van der Waals surface area contributed by atoms with Crippen LogP contribution in [-0.4, -0.2) is 35.0 Å². The average molecular weight is 236 g/mol. The third kappa shape index (κ3) is 2.51. The van der Waals surface area contributed by atoms with E-state index < -0.39 is 5.91 Å². The minimum atomic E-state index is -0.462. The summed E-state index contributed by atoms with van der Waals surface area (Å²) in [6.45, 7) is 1.25. The Hall–Kier alpha value is -2.15. The summed E-state index contributed by atoms with van der Waals surface area (Å²) in [5.41, 5.74) is 2.84. The van der Waals surface area contributed by atoms with Crippen LogP contribution >= 0.6 is 0 Å². The van der Waals surface area contributed by atoms with Crippen LogP contribution in [0.3, 0.4) is 0 Å².